The number of carbonyl (C=O) groups is 1. The molecule has 0 fully saturated rings. The Morgan fingerprint density at radius 2 is 2.16 bits per heavy atom. The SMILES string of the molecule is CCN(CC(=O)NC)c1cc(NN)cc([N+](=O)[O-])c1. The van der Waals surface area contributed by atoms with E-state index in [0.717, 1.165) is 0 Å². The summed E-state index contributed by atoms with van der Waals surface area (Å²) in [6, 6.07) is 4.39. The van der Waals surface area contributed by atoms with Crippen molar-refractivity contribution in [3.8, 4) is 0 Å². The molecule has 0 aliphatic carbocycles. The van der Waals surface area contributed by atoms with Crippen molar-refractivity contribution in [2.45, 2.75) is 6.92 Å². The van der Waals surface area contributed by atoms with Crippen LogP contribution in [0, 0.1) is 10.1 Å². The van der Waals surface area contributed by atoms with Crippen molar-refractivity contribution in [1.29, 1.82) is 0 Å². The minimum absolute atomic E-state index is 0.0826. The number of rotatable bonds is 6. The van der Waals surface area contributed by atoms with Crippen molar-refractivity contribution < 1.29 is 9.72 Å². The van der Waals surface area contributed by atoms with Gasteiger partial charge in [0.05, 0.1) is 17.2 Å². The molecule has 0 saturated heterocycles. The van der Waals surface area contributed by atoms with Crippen LogP contribution in [0.15, 0.2) is 18.2 Å². The highest BCUT2D eigenvalue weighted by Gasteiger charge is 2.15. The van der Waals surface area contributed by atoms with Crippen molar-refractivity contribution in [2.75, 3.05) is 30.5 Å². The zero-order valence-electron chi connectivity index (χ0n) is 10.8. The average molecular weight is 267 g/mol. The lowest BCUT2D eigenvalue weighted by Crippen LogP contribution is -2.35. The van der Waals surface area contributed by atoms with Crippen molar-refractivity contribution in [3.63, 3.8) is 0 Å². The summed E-state index contributed by atoms with van der Waals surface area (Å²) in [4.78, 5) is 23.5. The predicted molar refractivity (Wildman–Crippen MR) is 72.9 cm³/mol. The molecule has 0 aromatic heterocycles. The lowest BCUT2D eigenvalue weighted by atomic mass is 10.2. The molecule has 4 N–H and O–H groups in total. The normalized spacial score (nSPS) is 9.84. The minimum Gasteiger partial charge on any atom is -0.362 e. The van der Waals surface area contributed by atoms with E-state index in [1.54, 1.807) is 11.0 Å². The van der Waals surface area contributed by atoms with Crippen LogP contribution in [0.4, 0.5) is 17.1 Å². The van der Waals surface area contributed by atoms with E-state index in [2.05, 4.69) is 10.7 Å². The Balaban J connectivity index is 3.11. The second-order valence-corrected chi connectivity index (χ2v) is 3.83. The maximum atomic E-state index is 11.4. The lowest BCUT2D eigenvalue weighted by molar-refractivity contribution is -0.384. The number of nitro benzene ring substituents is 1. The minimum atomic E-state index is -0.502. The number of nitrogens with two attached hydrogens (primary N) is 1. The fourth-order valence-electron chi connectivity index (χ4n) is 1.60. The molecule has 0 aliphatic rings. The first-order valence-electron chi connectivity index (χ1n) is 5.73. The molecule has 0 heterocycles. The molecule has 0 aliphatic heterocycles. The summed E-state index contributed by atoms with van der Waals surface area (Å²) < 4.78 is 0. The van der Waals surface area contributed by atoms with Crippen LogP contribution in [0.3, 0.4) is 0 Å². The van der Waals surface area contributed by atoms with Crippen LogP contribution in [-0.2, 0) is 4.79 Å². The predicted octanol–water partition coefficient (Wildman–Crippen LogP) is 0.453. The molecule has 1 aromatic rings. The number of carbonyl (C=O) groups excluding carboxylic acids is 1. The number of non-ortho nitro benzene ring substituents is 1. The molecule has 104 valence electrons. The van der Waals surface area contributed by atoms with E-state index in [9.17, 15) is 14.9 Å². The van der Waals surface area contributed by atoms with Gasteiger partial charge in [-0.15, -0.1) is 0 Å². The third kappa shape index (κ3) is 3.81. The van der Waals surface area contributed by atoms with Gasteiger partial charge in [-0.1, -0.05) is 0 Å². The highest BCUT2D eigenvalue weighted by atomic mass is 16.6. The van der Waals surface area contributed by atoms with Crippen LogP contribution in [-0.4, -0.2) is 31.0 Å². The summed E-state index contributed by atoms with van der Waals surface area (Å²) in [5.74, 6) is 5.12. The molecule has 8 heteroatoms. The van der Waals surface area contributed by atoms with E-state index in [1.807, 2.05) is 6.92 Å². The van der Waals surface area contributed by atoms with Gasteiger partial charge in [-0.05, 0) is 13.0 Å². The first-order chi connectivity index (χ1) is 9.01. The van der Waals surface area contributed by atoms with E-state index in [4.69, 9.17) is 5.84 Å². The van der Waals surface area contributed by atoms with Gasteiger partial charge in [-0.25, -0.2) is 0 Å². The Morgan fingerprint density at radius 3 is 2.63 bits per heavy atom. The molecule has 0 atom stereocenters. The number of hydrazine groups is 1. The average Bonchev–Trinajstić information content (AvgIpc) is 2.43. The fourth-order valence-corrected chi connectivity index (χ4v) is 1.60. The number of benzene rings is 1. The van der Waals surface area contributed by atoms with Crippen LogP contribution < -0.4 is 21.5 Å². The van der Waals surface area contributed by atoms with Gasteiger partial charge in [-0.2, -0.15) is 0 Å². The molecular weight excluding hydrogens is 250 g/mol. The largest absolute Gasteiger partial charge is 0.362 e. The summed E-state index contributed by atoms with van der Waals surface area (Å²) in [5, 5.41) is 13.4. The third-order valence-corrected chi connectivity index (χ3v) is 2.64. The highest BCUT2D eigenvalue weighted by molar-refractivity contribution is 5.81. The van der Waals surface area contributed by atoms with Gasteiger partial charge in [0.15, 0.2) is 0 Å². The van der Waals surface area contributed by atoms with Gasteiger partial charge >= 0.3 is 0 Å². The van der Waals surface area contributed by atoms with Crippen LogP contribution in [0.5, 0.6) is 0 Å². The van der Waals surface area contributed by atoms with Crippen molar-refractivity contribution in [2.24, 2.45) is 5.84 Å². The topological polar surface area (TPSA) is 114 Å². The van der Waals surface area contributed by atoms with E-state index in [-0.39, 0.29) is 18.1 Å². The molecule has 1 aromatic carbocycles. The summed E-state index contributed by atoms with van der Waals surface area (Å²) >= 11 is 0. The lowest BCUT2D eigenvalue weighted by Gasteiger charge is -2.22. The second kappa shape index (κ2) is 6.55. The van der Waals surface area contributed by atoms with Crippen molar-refractivity contribution >= 4 is 23.0 Å². The zero-order chi connectivity index (χ0) is 14.4. The molecule has 1 amide bonds. The van der Waals surface area contributed by atoms with Crippen LogP contribution in [0.25, 0.3) is 0 Å². The van der Waals surface area contributed by atoms with Gasteiger partial charge in [0.2, 0.25) is 5.91 Å². The third-order valence-electron chi connectivity index (χ3n) is 2.64. The molecule has 1 rings (SSSR count). The summed E-state index contributed by atoms with van der Waals surface area (Å²) in [6.07, 6.45) is 0. The van der Waals surface area contributed by atoms with Crippen molar-refractivity contribution in [3.05, 3.63) is 28.3 Å². The van der Waals surface area contributed by atoms with E-state index in [0.29, 0.717) is 17.9 Å². The van der Waals surface area contributed by atoms with E-state index < -0.39 is 4.92 Å². The van der Waals surface area contributed by atoms with Gasteiger partial charge < -0.3 is 15.6 Å². The maximum Gasteiger partial charge on any atom is 0.273 e. The van der Waals surface area contributed by atoms with Gasteiger partial charge in [0, 0.05) is 31.4 Å². The van der Waals surface area contributed by atoms with Gasteiger partial charge in [0.1, 0.15) is 0 Å². The van der Waals surface area contributed by atoms with Gasteiger partial charge in [0.25, 0.3) is 5.69 Å². The molecular formula is C11H17N5O3. The molecule has 0 spiro atoms. The summed E-state index contributed by atoms with van der Waals surface area (Å²) in [6.45, 7) is 2.52. The summed E-state index contributed by atoms with van der Waals surface area (Å²) in [5.41, 5.74) is 3.27. The molecule has 8 nitrogen and oxygen atoms in total. The number of likely N-dealkylation sites (N-methyl/N-ethyl adjacent to an activating group) is 2. The zero-order valence-corrected chi connectivity index (χ0v) is 10.8. The Kier molecular flexibility index (Phi) is 5.07. The molecule has 0 bridgehead atoms. The quantitative estimate of drug-likeness (QED) is 0.392. The number of hydrogen-bond acceptors (Lipinski definition) is 6. The fraction of sp³-hybridized carbons (Fsp3) is 0.364. The van der Waals surface area contributed by atoms with Crippen LogP contribution >= 0.6 is 0 Å². The second-order valence-electron chi connectivity index (χ2n) is 3.83. The van der Waals surface area contributed by atoms with Crippen LogP contribution in [0.2, 0.25) is 0 Å². The van der Waals surface area contributed by atoms with Gasteiger partial charge in [-0.3, -0.25) is 20.8 Å². The Labute approximate surface area is 110 Å². The number of hydrogen-bond donors (Lipinski definition) is 3. The van der Waals surface area contributed by atoms with Crippen molar-refractivity contribution in [1.82, 2.24) is 5.32 Å². The number of nitrogens with one attached hydrogen (secondary N) is 2. The first-order valence-corrected chi connectivity index (χ1v) is 5.73. The Bertz CT molecular complexity index is 477. The number of nitro groups is 1. The monoisotopic (exact) mass is 267 g/mol. The smallest absolute Gasteiger partial charge is 0.273 e. The number of nitrogen functional groups attached to an aromatic ring is 1. The van der Waals surface area contributed by atoms with E-state index in [1.165, 1.54) is 19.2 Å². The number of anilines is 2. The standard InChI is InChI=1S/C11H17N5O3/c1-3-15(7-11(17)13-2)9-4-8(14-12)5-10(6-9)16(18)19/h4-6,14H,3,7,12H2,1-2H3,(H,13,17). The summed E-state index contributed by atoms with van der Waals surface area (Å²) in [7, 11) is 1.54. The van der Waals surface area contributed by atoms with Crippen LogP contribution in [0.1, 0.15) is 6.92 Å². The van der Waals surface area contributed by atoms with E-state index >= 15 is 0 Å². The first kappa shape index (κ1) is 14.7. The Hall–Kier alpha value is -2.35. The Morgan fingerprint density at radius 1 is 1.47 bits per heavy atom. The maximum absolute atomic E-state index is 11.4. The molecule has 0 radical (unpaired) electrons. The molecule has 19 heavy (non-hydrogen) atoms. The number of amides is 1. The highest BCUT2D eigenvalue weighted by Crippen LogP contribution is 2.26. The molecule has 0 saturated carbocycles. The number of nitrogens with zero attached hydrogens (tertiary/aromatic N) is 2. The molecule has 0 unspecified atom stereocenters.